The van der Waals surface area contributed by atoms with Gasteiger partial charge in [-0.25, -0.2) is 15.0 Å². The summed E-state index contributed by atoms with van der Waals surface area (Å²) in [6.45, 7) is 3.55. The monoisotopic (exact) mass is 401 g/mol. The fourth-order valence-electron chi connectivity index (χ4n) is 3.82. The fourth-order valence-corrected chi connectivity index (χ4v) is 3.82. The van der Waals surface area contributed by atoms with Crippen molar-refractivity contribution in [1.82, 2.24) is 19.9 Å². The van der Waals surface area contributed by atoms with Gasteiger partial charge in [0.15, 0.2) is 0 Å². The summed E-state index contributed by atoms with van der Waals surface area (Å²) in [5.41, 5.74) is 3.28. The molecule has 6 heteroatoms. The molecule has 0 bridgehead atoms. The van der Waals surface area contributed by atoms with E-state index in [-0.39, 0.29) is 11.8 Å². The van der Waals surface area contributed by atoms with Gasteiger partial charge in [-0.3, -0.25) is 4.79 Å². The first-order chi connectivity index (χ1) is 14.7. The topological polar surface area (TPSA) is 71.0 Å². The Morgan fingerprint density at radius 2 is 2.00 bits per heavy atom. The molecule has 1 aliphatic rings. The number of carbonyl (C=O) groups excluding carboxylic acids is 1. The van der Waals surface area contributed by atoms with E-state index in [2.05, 4.69) is 27.4 Å². The number of amides is 1. The van der Waals surface area contributed by atoms with E-state index >= 15 is 0 Å². The van der Waals surface area contributed by atoms with Crippen molar-refractivity contribution in [3.63, 3.8) is 0 Å². The van der Waals surface area contributed by atoms with Gasteiger partial charge in [0.05, 0.1) is 5.69 Å². The molecule has 1 saturated heterocycles. The van der Waals surface area contributed by atoms with Gasteiger partial charge >= 0.3 is 0 Å². The molecule has 0 aliphatic carbocycles. The SMILES string of the molecule is Cc1ccc(Nc2nccc([C@@H]3CCCN(C(=O)CCc4ccccc4)C3)n2)nc1. The Labute approximate surface area is 177 Å². The molecule has 1 atom stereocenters. The number of anilines is 2. The van der Waals surface area contributed by atoms with Gasteiger partial charge in [-0.1, -0.05) is 36.4 Å². The number of aromatic nitrogens is 3. The molecule has 2 aromatic heterocycles. The molecule has 0 radical (unpaired) electrons. The molecule has 1 fully saturated rings. The normalized spacial score (nSPS) is 16.3. The van der Waals surface area contributed by atoms with Crippen LogP contribution >= 0.6 is 0 Å². The van der Waals surface area contributed by atoms with Gasteiger partial charge < -0.3 is 10.2 Å². The van der Waals surface area contributed by atoms with Gasteiger partial charge in [-0.05, 0) is 49.4 Å². The third kappa shape index (κ3) is 5.20. The van der Waals surface area contributed by atoms with Crippen molar-refractivity contribution in [2.24, 2.45) is 0 Å². The predicted octanol–water partition coefficient (Wildman–Crippen LogP) is 4.26. The van der Waals surface area contributed by atoms with Gasteiger partial charge in [-0.2, -0.15) is 0 Å². The van der Waals surface area contributed by atoms with Crippen LogP contribution in [0.1, 0.15) is 42.0 Å². The zero-order chi connectivity index (χ0) is 20.8. The molecule has 1 amide bonds. The fraction of sp³-hybridized carbons (Fsp3) is 0.333. The number of nitrogens with zero attached hydrogens (tertiary/aromatic N) is 4. The lowest BCUT2D eigenvalue weighted by Crippen LogP contribution is -2.39. The minimum absolute atomic E-state index is 0.222. The van der Waals surface area contributed by atoms with E-state index in [1.165, 1.54) is 5.56 Å². The molecule has 30 heavy (non-hydrogen) atoms. The smallest absolute Gasteiger partial charge is 0.228 e. The average Bonchev–Trinajstić information content (AvgIpc) is 2.80. The predicted molar refractivity (Wildman–Crippen MR) is 118 cm³/mol. The number of pyridine rings is 1. The summed E-state index contributed by atoms with van der Waals surface area (Å²) < 4.78 is 0. The molecule has 6 nitrogen and oxygen atoms in total. The Balaban J connectivity index is 1.38. The van der Waals surface area contributed by atoms with Crippen LogP contribution in [0.15, 0.2) is 60.9 Å². The third-order valence-corrected chi connectivity index (χ3v) is 5.49. The molecule has 1 aliphatic heterocycles. The van der Waals surface area contributed by atoms with E-state index in [9.17, 15) is 4.79 Å². The molecule has 0 spiro atoms. The van der Waals surface area contributed by atoms with Crippen molar-refractivity contribution in [2.75, 3.05) is 18.4 Å². The number of aryl methyl sites for hydroxylation is 2. The Hall–Kier alpha value is -3.28. The van der Waals surface area contributed by atoms with E-state index in [1.54, 1.807) is 6.20 Å². The van der Waals surface area contributed by atoms with Crippen LogP contribution in [0.4, 0.5) is 11.8 Å². The second-order valence-electron chi connectivity index (χ2n) is 7.82. The van der Waals surface area contributed by atoms with Crippen LogP contribution in [0.25, 0.3) is 0 Å². The number of hydrogen-bond donors (Lipinski definition) is 1. The molecular formula is C24H27N5O. The first kappa shape index (κ1) is 20.0. The Morgan fingerprint density at radius 3 is 2.80 bits per heavy atom. The number of likely N-dealkylation sites (tertiary alicyclic amines) is 1. The number of hydrogen-bond acceptors (Lipinski definition) is 5. The number of benzene rings is 1. The number of carbonyl (C=O) groups is 1. The van der Waals surface area contributed by atoms with Crippen LogP contribution < -0.4 is 5.32 Å². The van der Waals surface area contributed by atoms with Gasteiger partial charge in [0.1, 0.15) is 5.82 Å². The van der Waals surface area contributed by atoms with Crippen LogP contribution in [0, 0.1) is 6.92 Å². The largest absolute Gasteiger partial charge is 0.342 e. The maximum Gasteiger partial charge on any atom is 0.228 e. The Bertz CT molecular complexity index is 974. The highest BCUT2D eigenvalue weighted by atomic mass is 16.2. The summed E-state index contributed by atoms with van der Waals surface area (Å²) >= 11 is 0. The average molecular weight is 402 g/mol. The Morgan fingerprint density at radius 1 is 1.13 bits per heavy atom. The van der Waals surface area contributed by atoms with Crippen molar-refractivity contribution in [1.29, 1.82) is 0 Å². The molecule has 1 aromatic carbocycles. The molecule has 3 aromatic rings. The lowest BCUT2D eigenvalue weighted by Gasteiger charge is -2.32. The number of piperidine rings is 1. The minimum atomic E-state index is 0.222. The second-order valence-corrected chi connectivity index (χ2v) is 7.82. The van der Waals surface area contributed by atoms with Crippen molar-refractivity contribution in [2.45, 2.75) is 38.5 Å². The van der Waals surface area contributed by atoms with Crippen LogP contribution in [-0.4, -0.2) is 38.8 Å². The maximum absolute atomic E-state index is 12.8. The quantitative estimate of drug-likeness (QED) is 0.668. The van der Waals surface area contributed by atoms with Crippen molar-refractivity contribution >= 4 is 17.7 Å². The van der Waals surface area contributed by atoms with Gasteiger partial charge in [0.25, 0.3) is 0 Å². The first-order valence-electron chi connectivity index (χ1n) is 10.5. The molecule has 0 saturated carbocycles. The maximum atomic E-state index is 12.8. The lowest BCUT2D eigenvalue weighted by molar-refractivity contribution is -0.132. The molecule has 154 valence electrons. The van der Waals surface area contributed by atoms with E-state index in [4.69, 9.17) is 4.98 Å². The van der Waals surface area contributed by atoms with E-state index < -0.39 is 0 Å². The first-order valence-corrected chi connectivity index (χ1v) is 10.5. The summed E-state index contributed by atoms with van der Waals surface area (Å²) in [6.07, 6.45) is 6.94. The van der Waals surface area contributed by atoms with E-state index in [1.807, 2.05) is 54.4 Å². The summed E-state index contributed by atoms with van der Waals surface area (Å²) in [5.74, 6) is 1.71. The van der Waals surface area contributed by atoms with Crippen molar-refractivity contribution in [3.05, 3.63) is 77.7 Å². The van der Waals surface area contributed by atoms with Crippen molar-refractivity contribution < 1.29 is 4.79 Å². The zero-order valence-corrected chi connectivity index (χ0v) is 17.3. The highest BCUT2D eigenvalue weighted by molar-refractivity contribution is 5.76. The molecule has 1 N–H and O–H groups in total. The number of nitrogens with one attached hydrogen (secondary N) is 1. The van der Waals surface area contributed by atoms with E-state index in [0.717, 1.165) is 42.9 Å². The zero-order valence-electron chi connectivity index (χ0n) is 17.3. The standard InChI is InChI=1S/C24H27N5O/c1-18-9-11-22(26-16-18)28-24-25-14-13-21(27-24)20-8-5-15-29(17-20)23(30)12-10-19-6-3-2-4-7-19/h2-4,6-7,9,11,13-14,16,20H,5,8,10,12,15,17H2,1H3,(H,25,26,27,28)/t20-/m1/s1. The molecule has 0 unspecified atom stereocenters. The second kappa shape index (κ2) is 9.48. The lowest BCUT2D eigenvalue weighted by atomic mass is 9.94. The van der Waals surface area contributed by atoms with Gasteiger partial charge in [-0.15, -0.1) is 0 Å². The van der Waals surface area contributed by atoms with Crippen LogP contribution in [0.3, 0.4) is 0 Å². The van der Waals surface area contributed by atoms with E-state index in [0.29, 0.717) is 18.9 Å². The minimum Gasteiger partial charge on any atom is -0.342 e. The molecule has 4 rings (SSSR count). The summed E-state index contributed by atoms with van der Waals surface area (Å²) in [6, 6.07) is 16.1. The third-order valence-electron chi connectivity index (χ3n) is 5.49. The van der Waals surface area contributed by atoms with Crippen LogP contribution in [0.2, 0.25) is 0 Å². The summed E-state index contributed by atoms with van der Waals surface area (Å²) in [5, 5.41) is 3.17. The summed E-state index contributed by atoms with van der Waals surface area (Å²) in [4.78, 5) is 28.1. The molecule has 3 heterocycles. The Kier molecular flexibility index (Phi) is 6.32. The van der Waals surface area contributed by atoms with Crippen LogP contribution in [-0.2, 0) is 11.2 Å². The number of rotatable bonds is 6. The summed E-state index contributed by atoms with van der Waals surface area (Å²) in [7, 11) is 0. The highest BCUT2D eigenvalue weighted by Gasteiger charge is 2.25. The molecular weight excluding hydrogens is 374 g/mol. The van der Waals surface area contributed by atoms with Gasteiger partial charge in [0, 0.05) is 37.8 Å². The van der Waals surface area contributed by atoms with Gasteiger partial charge in [0.2, 0.25) is 11.9 Å². The van der Waals surface area contributed by atoms with Crippen LogP contribution in [0.5, 0.6) is 0 Å². The van der Waals surface area contributed by atoms with Crippen molar-refractivity contribution in [3.8, 4) is 0 Å². The highest BCUT2D eigenvalue weighted by Crippen LogP contribution is 2.27.